The van der Waals surface area contributed by atoms with Crippen molar-refractivity contribution in [3.63, 3.8) is 0 Å². The molecule has 26 heavy (non-hydrogen) atoms. The van der Waals surface area contributed by atoms with Crippen LogP contribution in [0, 0.1) is 23.7 Å². The van der Waals surface area contributed by atoms with Crippen LogP contribution < -0.4 is 0 Å². The zero-order chi connectivity index (χ0) is 18.3. The number of para-hydroxylation sites is 1. The number of nitrogens with zero attached hydrogens (tertiary/aromatic N) is 5. The molecule has 2 heterocycles. The maximum absolute atomic E-state index is 13.1. The van der Waals surface area contributed by atoms with Gasteiger partial charge in [-0.05, 0) is 38.3 Å². The fourth-order valence-electron chi connectivity index (χ4n) is 3.37. The van der Waals surface area contributed by atoms with Crippen LogP contribution in [0.4, 0.5) is 0 Å². The van der Waals surface area contributed by atoms with Gasteiger partial charge in [-0.25, -0.2) is 14.7 Å². The van der Waals surface area contributed by atoms with Crippen LogP contribution in [-0.4, -0.2) is 44.7 Å². The fourth-order valence-corrected chi connectivity index (χ4v) is 3.37. The van der Waals surface area contributed by atoms with Crippen molar-refractivity contribution in [2.24, 2.45) is 5.41 Å². The molecule has 132 valence electrons. The van der Waals surface area contributed by atoms with Gasteiger partial charge in [0.05, 0.1) is 29.2 Å². The van der Waals surface area contributed by atoms with Gasteiger partial charge in [0.1, 0.15) is 5.41 Å². The molecule has 2 aliphatic rings. The zero-order valence-electron chi connectivity index (χ0n) is 14.6. The number of amides is 2. The first-order chi connectivity index (χ1) is 12.6. The summed E-state index contributed by atoms with van der Waals surface area (Å²) in [5.41, 5.74) is 1.14. The Morgan fingerprint density at radius 2 is 1.85 bits per heavy atom. The summed E-state index contributed by atoms with van der Waals surface area (Å²) in [4.78, 5) is 25.8. The third-order valence-corrected chi connectivity index (χ3v) is 5.11. The van der Waals surface area contributed by atoms with E-state index in [4.69, 9.17) is 0 Å². The highest BCUT2D eigenvalue weighted by Crippen LogP contribution is 2.47. The lowest BCUT2D eigenvalue weighted by atomic mass is 10.1. The van der Waals surface area contributed by atoms with Crippen molar-refractivity contribution in [2.75, 3.05) is 13.1 Å². The minimum absolute atomic E-state index is 0.246. The number of benzene rings is 1. The Hall–Kier alpha value is -3.14. The quantitative estimate of drug-likeness (QED) is 0.849. The molecule has 2 amide bonds. The first kappa shape index (κ1) is 16.3. The summed E-state index contributed by atoms with van der Waals surface area (Å²) in [5.74, 6) is -0.497. The molecule has 1 aliphatic heterocycles. The molecule has 2 fully saturated rings. The number of aromatic nitrogens is 2. The molecule has 0 spiro atoms. The molecule has 0 N–H and O–H groups in total. The largest absolute Gasteiger partial charge is 0.275 e. The molecule has 0 bridgehead atoms. The molecule has 1 aliphatic carbocycles. The summed E-state index contributed by atoms with van der Waals surface area (Å²) in [6.07, 6.45) is 3.41. The molecular formula is C19H19N5O2. The van der Waals surface area contributed by atoms with E-state index in [9.17, 15) is 14.9 Å². The predicted molar refractivity (Wildman–Crippen MR) is 92.9 cm³/mol. The van der Waals surface area contributed by atoms with E-state index in [0.29, 0.717) is 37.9 Å². The second-order valence-electron chi connectivity index (χ2n) is 6.80. The lowest BCUT2D eigenvalue weighted by Gasteiger charge is -2.29. The van der Waals surface area contributed by atoms with Crippen molar-refractivity contribution in [2.45, 2.75) is 26.2 Å². The van der Waals surface area contributed by atoms with Crippen molar-refractivity contribution in [3.8, 4) is 11.8 Å². The van der Waals surface area contributed by atoms with Gasteiger partial charge < -0.3 is 0 Å². The van der Waals surface area contributed by atoms with Gasteiger partial charge >= 0.3 is 0 Å². The Labute approximate surface area is 151 Å². The van der Waals surface area contributed by atoms with Crippen molar-refractivity contribution in [3.05, 3.63) is 47.8 Å². The van der Waals surface area contributed by atoms with Crippen molar-refractivity contribution >= 4 is 11.8 Å². The Bertz CT molecular complexity index is 908. The van der Waals surface area contributed by atoms with E-state index in [2.05, 4.69) is 11.2 Å². The van der Waals surface area contributed by atoms with Gasteiger partial charge in [-0.1, -0.05) is 18.2 Å². The summed E-state index contributed by atoms with van der Waals surface area (Å²) < 4.78 is 1.72. The molecular weight excluding hydrogens is 330 g/mol. The van der Waals surface area contributed by atoms with E-state index in [-0.39, 0.29) is 11.8 Å². The average molecular weight is 349 g/mol. The minimum Gasteiger partial charge on any atom is -0.271 e. The van der Waals surface area contributed by atoms with Crippen LogP contribution in [0.15, 0.2) is 36.5 Å². The molecule has 1 saturated heterocycles. The van der Waals surface area contributed by atoms with Gasteiger partial charge in [0, 0.05) is 13.1 Å². The third kappa shape index (κ3) is 2.46. The smallest absolute Gasteiger partial charge is 0.271 e. The Morgan fingerprint density at radius 1 is 1.15 bits per heavy atom. The summed E-state index contributed by atoms with van der Waals surface area (Å²) in [5, 5.41) is 16.6. The molecule has 1 aromatic carbocycles. The third-order valence-electron chi connectivity index (χ3n) is 5.11. The summed E-state index contributed by atoms with van der Waals surface area (Å²) in [7, 11) is 0. The lowest BCUT2D eigenvalue weighted by Crippen LogP contribution is -2.47. The predicted octanol–water partition coefficient (Wildman–Crippen LogP) is 2.07. The standard InChI is InChI=1S/C19H19N5O2/c1-14-16(12-21-24(14)15-6-3-2-4-7-15)17(25)22-10-5-11-23(22)18(26)19(13-20)8-9-19/h2-4,6-7,12H,5,8-11H2,1H3. The molecule has 1 saturated carbocycles. The molecule has 0 atom stereocenters. The van der Waals surface area contributed by atoms with Gasteiger partial charge in [0.25, 0.3) is 11.8 Å². The maximum atomic E-state index is 13.1. The van der Waals surface area contributed by atoms with Crippen LogP contribution in [0.3, 0.4) is 0 Å². The molecule has 1 aromatic heterocycles. The Kier molecular flexibility index (Phi) is 3.76. The van der Waals surface area contributed by atoms with Gasteiger partial charge in [-0.2, -0.15) is 10.4 Å². The van der Waals surface area contributed by atoms with Crippen LogP contribution in [0.25, 0.3) is 5.69 Å². The molecule has 0 radical (unpaired) electrons. The van der Waals surface area contributed by atoms with Crippen LogP contribution in [0.5, 0.6) is 0 Å². The molecule has 7 heteroatoms. The highest BCUT2D eigenvalue weighted by molar-refractivity contribution is 5.98. The summed E-state index contributed by atoms with van der Waals surface area (Å²) in [6.45, 7) is 2.79. The number of carbonyl (C=O) groups excluding carboxylic acids is 2. The van der Waals surface area contributed by atoms with Gasteiger partial charge in [0.2, 0.25) is 0 Å². The second-order valence-corrected chi connectivity index (χ2v) is 6.80. The molecule has 2 aromatic rings. The van der Waals surface area contributed by atoms with Crippen molar-refractivity contribution in [1.29, 1.82) is 5.26 Å². The van der Waals surface area contributed by atoms with Crippen LogP contribution in [-0.2, 0) is 4.79 Å². The maximum Gasteiger partial charge on any atom is 0.275 e. The highest BCUT2D eigenvalue weighted by atomic mass is 16.2. The zero-order valence-corrected chi connectivity index (χ0v) is 14.6. The van der Waals surface area contributed by atoms with E-state index in [1.54, 1.807) is 10.9 Å². The van der Waals surface area contributed by atoms with E-state index < -0.39 is 5.41 Å². The monoisotopic (exact) mass is 349 g/mol. The SMILES string of the molecule is Cc1c(C(=O)N2CCCN2C(=O)C2(C#N)CC2)cnn1-c1ccccc1. The van der Waals surface area contributed by atoms with E-state index in [1.807, 2.05) is 37.3 Å². The summed E-state index contributed by atoms with van der Waals surface area (Å²) in [6, 6.07) is 11.7. The minimum atomic E-state index is -0.924. The van der Waals surface area contributed by atoms with E-state index in [1.165, 1.54) is 10.0 Å². The second kappa shape index (κ2) is 5.99. The van der Waals surface area contributed by atoms with Crippen LogP contribution >= 0.6 is 0 Å². The number of carbonyl (C=O) groups is 2. The van der Waals surface area contributed by atoms with Crippen molar-refractivity contribution < 1.29 is 9.59 Å². The molecule has 0 unspecified atom stereocenters. The van der Waals surface area contributed by atoms with E-state index in [0.717, 1.165) is 11.4 Å². The average Bonchev–Trinajstić information content (AvgIpc) is 3.15. The van der Waals surface area contributed by atoms with Gasteiger partial charge in [-0.3, -0.25) is 9.59 Å². The molecule has 4 rings (SSSR count). The fraction of sp³-hybridized carbons (Fsp3) is 0.368. The topological polar surface area (TPSA) is 82.2 Å². The number of hydrogen-bond acceptors (Lipinski definition) is 4. The van der Waals surface area contributed by atoms with Gasteiger partial charge in [0.15, 0.2) is 0 Å². The van der Waals surface area contributed by atoms with Crippen LogP contribution in [0.2, 0.25) is 0 Å². The normalized spacial score (nSPS) is 17.8. The Morgan fingerprint density at radius 3 is 2.50 bits per heavy atom. The van der Waals surface area contributed by atoms with Crippen LogP contribution in [0.1, 0.15) is 35.3 Å². The first-order valence-corrected chi connectivity index (χ1v) is 8.72. The highest BCUT2D eigenvalue weighted by Gasteiger charge is 2.54. The molecule has 7 nitrogen and oxygen atoms in total. The van der Waals surface area contributed by atoms with Gasteiger partial charge in [-0.15, -0.1) is 0 Å². The number of hydrogen-bond donors (Lipinski definition) is 0. The Balaban J connectivity index is 1.61. The van der Waals surface area contributed by atoms with E-state index >= 15 is 0 Å². The number of rotatable bonds is 3. The first-order valence-electron chi connectivity index (χ1n) is 8.72. The number of hydrazine groups is 1. The summed E-state index contributed by atoms with van der Waals surface area (Å²) >= 11 is 0. The number of nitriles is 1. The lowest BCUT2D eigenvalue weighted by molar-refractivity contribution is -0.144. The van der Waals surface area contributed by atoms with Crippen molar-refractivity contribution in [1.82, 2.24) is 19.8 Å².